The summed E-state index contributed by atoms with van der Waals surface area (Å²) < 4.78 is 24.5. The molecule has 0 bridgehead atoms. The second-order valence-corrected chi connectivity index (χ2v) is 6.79. The Morgan fingerprint density at radius 1 is 1.17 bits per heavy atom. The molecule has 29 heavy (non-hydrogen) atoms. The molecule has 3 rings (SSSR count). The zero-order valence-electron chi connectivity index (χ0n) is 15.9. The summed E-state index contributed by atoms with van der Waals surface area (Å²) in [6.07, 6.45) is 2.87. The lowest BCUT2D eigenvalue weighted by molar-refractivity contribution is 0.0950. The van der Waals surface area contributed by atoms with Gasteiger partial charge >= 0.3 is 0 Å². The molecule has 0 unspecified atom stereocenters. The van der Waals surface area contributed by atoms with E-state index < -0.39 is 5.82 Å². The first-order valence-corrected chi connectivity index (χ1v) is 9.28. The van der Waals surface area contributed by atoms with Crippen LogP contribution in [-0.4, -0.2) is 22.0 Å². The maximum atomic E-state index is 13.4. The number of hydrogen-bond donors (Lipinski definition) is 1. The number of carbonyl (C=O) groups excluding carboxylic acids is 1. The van der Waals surface area contributed by atoms with Gasteiger partial charge in [0.25, 0.3) is 5.91 Å². The quantitative estimate of drug-likeness (QED) is 0.601. The van der Waals surface area contributed by atoms with Crippen LogP contribution in [0.25, 0.3) is 0 Å². The molecule has 8 heteroatoms. The van der Waals surface area contributed by atoms with E-state index in [9.17, 15) is 9.18 Å². The maximum absolute atomic E-state index is 13.4. The van der Waals surface area contributed by atoms with Crippen LogP contribution >= 0.6 is 11.6 Å². The molecule has 0 saturated heterocycles. The van der Waals surface area contributed by atoms with Gasteiger partial charge in [-0.25, -0.2) is 14.4 Å². The van der Waals surface area contributed by atoms with Gasteiger partial charge in [-0.1, -0.05) is 23.7 Å². The van der Waals surface area contributed by atoms with Crippen molar-refractivity contribution >= 4 is 17.5 Å². The normalized spacial score (nSPS) is 10.7. The van der Waals surface area contributed by atoms with Crippen molar-refractivity contribution in [2.24, 2.45) is 0 Å². The first kappa shape index (κ1) is 20.5. The predicted octanol–water partition coefficient (Wildman–Crippen LogP) is 4.78. The zero-order valence-corrected chi connectivity index (χ0v) is 16.6. The number of halogens is 2. The highest BCUT2D eigenvalue weighted by Crippen LogP contribution is 2.25. The van der Waals surface area contributed by atoms with Crippen LogP contribution in [0.3, 0.4) is 0 Å². The Morgan fingerprint density at radius 2 is 2.00 bits per heavy atom. The number of amides is 1. The molecule has 0 spiro atoms. The van der Waals surface area contributed by atoms with Gasteiger partial charge < -0.3 is 14.8 Å². The monoisotopic (exact) mass is 415 g/mol. The van der Waals surface area contributed by atoms with E-state index in [4.69, 9.17) is 21.1 Å². The van der Waals surface area contributed by atoms with Gasteiger partial charge in [0.2, 0.25) is 11.8 Å². The van der Waals surface area contributed by atoms with Crippen molar-refractivity contribution in [3.63, 3.8) is 0 Å². The molecular weight excluding hydrogens is 397 g/mol. The Morgan fingerprint density at radius 3 is 2.72 bits per heavy atom. The first-order valence-electron chi connectivity index (χ1n) is 8.90. The van der Waals surface area contributed by atoms with E-state index in [2.05, 4.69) is 15.3 Å². The van der Waals surface area contributed by atoms with E-state index in [0.29, 0.717) is 16.9 Å². The number of aromatic nitrogens is 2. The Labute approximate surface area is 172 Å². The lowest BCUT2D eigenvalue weighted by atomic mass is 10.2. The summed E-state index contributed by atoms with van der Waals surface area (Å²) in [6, 6.07) is 10.7. The van der Waals surface area contributed by atoms with Crippen LogP contribution in [-0.2, 0) is 6.54 Å². The summed E-state index contributed by atoms with van der Waals surface area (Å²) in [6.45, 7) is 3.87. The fraction of sp³-hybridized carbons (Fsp3) is 0.190. The minimum atomic E-state index is -0.414. The average molecular weight is 416 g/mol. The number of nitrogens with zero attached hydrogens (tertiary/aromatic N) is 2. The minimum Gasteiger partial charge on any atom is -0.474 e. The summed E-state index contributed by atoms with van der Waals surface area (Å²) in [4.78, 5) is 20.7. The van der Waals surface area contributed by atoms with Crippen molar-refractivity contribution in [2.45, 2.75) is 26.5 Å². The van der Waals surface area contributed by atoms with E-state index in [1.165, 1.54) is 24.4 Å². The SMILES string of the molecule is CC(C)Oc1ncc(C(=O)NCc2cccnc2Oc2cccc(F)c2)cc1Cl. The lowest BCUT2D eigenvalue weighted by Gasteiger charge is -2.12. The van der Waals surface area contributed by atoms with E-state index >= 15 is 0 Å². The number of carbonyl (C=O) groups is 1. The molecular formula is C21H19ClFN3O3. The molecule has 0 aliphatic carbocycles. The van der Waals surface area contributed by atoms with Crippen LogP contribution in [0.15, 0.2) is 54.9 Å². The topological polar surface area (TPSA) is 73.3 Å². The largest absolute Gasteiger partial charge is 0.474 e. The number of hydrogen-bond acceptors (Lipinski definition) is 5. The zero-order chi connectivity index (χ0) is 20.8. The van der Waals surface area contributed by atoms with Crippen LogP contribution in [0, 0.1) is 5.82 Å². The first-order chi connectivity index (χ1) is 13.9. The Hall–Kier alpha value is -3.19. The molecule has 0 fully saturated rings. The molecule has 0 aliphatic rings. The molecule has 1 amide bonds. The van der Waals surface area contributed by atoms with Gasteiger partial charge in [-0.3, -0.25) is 4.79 Å². The Kier molecular flexibility index (Phi) is 6.61. The van der Waals surface area contributed by atoms with Crippen LogP contribution in [0.4, 0.5) is 4.39 Å². The van der Waals surface area contributed by atoms with Gasteiger partial charge in [0, 0.05) is 30.6 Å². The van der Waals surface area contributed by atoms with Gasteiger partial charge in [-0.2, -0.15) is 0 Å². The molecule has 0 atom stereocenters. The second-order valence-electron chi connectivity index (χ2n) is 6.39. The highest BCUT2D eigenvalue weighted by Gasteiger charge is 2.13. The molecule has 150 valence electrons. The third-order valence-corrected chi connectivity index (χ3v) is 3.99. The summed E-state index contributed by atoms with van der Waals surface area (Å²) in [5.74, 6) is 0.0816. The molecule has 1 aromatic carbocycles. The van der Waals surface area contributed by atoms with Gasteiger partial charge in [0.1, 0.15) is 16.6 Å². The highest BCUT2D eigenvalue weighted by atomic mass is 35.5. The molecule has 2 aromatic heterocycles. The van der Waals surface area contributed by atoms with Gasteiger partial charge in [0.05, 0.1) is 11.7 Å². The minimum absolute atomic E-state index is 0.0817. The molecule has 0 saturated carbocycles. The number of ether oxygens (including phenoxy) is 2. The highest BCUT2D eigenvalue weighted by molar-refractivity contribution is 6.32. The molecule has 2 heterocycles. The second kappa shape index (κ2) is 9.34. The third kappa shape index (κ3) is 5.65. The third-order valence-electron chi connectivity index (χ3n) is 3.72. The van der Waals surface area contributed by atoms with Crippen molar-refractivity contribution in [3.05, 3.63) is 76.8 Å². The van der Waals surface area contributed by atoms with E-state index in [-0.39, 0.29) is 35.3 Å². The Bertz CT molecular complexity index is 1010. The standard InChI is InChI=1S/C21H19ClFN3O3/c1-13(2)28-21-18(22)9-15(12-26-21)19(27)25-11-14-5-4-8-24-20(14)29-17-7-3-6-16(23)10-17/h3-10,12-13H,11H2,1-2H3,(H,25,27). The fourth-order valence-electron chi connectivity index (χ4n) is 2.43. The number of nitrogens with one attached hydrogen (secondary N) is 1. The van der Waals surface area contributed by atoms with Gasteiger partial charge in [-0.05, 0) is 38.1 Å². The summed E-state index contributed by atoms with van der Waals surface area (Å²) >= 11 is 6.13. The van der Waals surface area contributed by atoms with E-state index in [0.717, 1.165) is 0 Å². The van der Waals surface area contributed by atoms with Crippen LogP contribution in [0.2, 0.25) is 5.02 Å². The van der Waals surface area contributed by atoms with Crippen molar-refractivity contribution in [1.82, 2.24) is 15.3 Å². The fourth-order valence-corrected chi connectivity index (χ4v) is 2.64. The number of pyridine rings is 2. The van der Waals surface area contributed by atoms with Gasteiger partial charge in [-0.15, -0.1) is 0 Å². The van der Waals surface area contributed by atoms with Crippen LogP contribution < -0.4 is 14.8 Å². The Balaban J connectivity index is 1.68. The number of benzene rings is 1. The van der Waals surface area contributed by atoms with Crippen molar-refractivity contribution < 1.29 is 18.7 Å². The van der Waals surface area contributed by atoms with E-state index in [1.54, 1.807) is 30.5 Å². The van der Waals surface area contributed by atoms with Crippen molar-refractivity contribution in [3.8, 4) is 17.5 Å². The molecule has 0 radical (unpaired) electrons. The van der Waals surface area contributed by atoms with Crippen LogP contribution in [0.1, 0.15) is 29.8 Å². The molecule has 1 N–H and O–H groups in total. The molecule has 3 aromatic rings. The summed E-state index contributed by atoms with van der Waals surface area (Å²) in [5, 5.41) is 3.02. The summed E-state index contributed by atoms with van der Waals surface area (Å²) in [5.41, 5.74) is 0.923. The van der Waals surface area contributed by atoms with E-state index in [1.807, 2.05) is 13.8 Å². The maximum Gasteiger partial charge on any atom is 0.253 e. The van der Waals surface area contributed by atoms with Crippen molar-refractivity contribution in [1.29, 1.82) is 0 Å². The predicted molar refractivity (Wildman–Crippen MR) is 107 cm³/mol. The molecule has 0 aliphatic heterocycles. The number of rotatable bonds is 7. The van der Waals surface area contributed by atoms with Gasteiger partial charge in [0.15, 0.2) is 0 Å². The smallest absolute Gasteiger partial charge is 0.253 e. The summed E-state index contributed by atoms with van der Waals surface area (Å²) in [7, 11) is 0. The molecule has 6 nitrogen and oxygen atoms in total. The van der Waals surface area contributed by atoms with Crippen molar-refractivity contribution in [2.75, 3.05) is 0 Å². The lowest BCUT2D eigenvalue weighted by Crippen LogP contribution is -2.23. The van der Waals surface area contributed by atoms with Crippen LogP contribution in [0.5, 0.6) is 17.5 Å². The average Bonchev–Trinajstić information content (AvgIpc) is 2.68.